The first-order valence-corrected chi connectivity index (χ1v) is 6.41. The number of hydrogen-bond acceptors (Lipinski definition) is 2. The number of ether oxygens (including phenoxy) is 1. The van der Waals surface area contributed by atoms with E-state index in [2.05, 4.69) is 36.3 Å². The van der Waals surface area contributed by atoms with Gasteiger partial charge in [-0.1, -0.05) is 6.07 Å². The molecule has 2 rings (SSSR count). The zero-order valence-corrected chi connectivity index (χ0v) is 13.8. The van der Waals surface area contributed by atoms with Crippen molar-refractivity contribution in [2.75, 3.05) is 18.5 Å². The van der Waals surface area contributed by atoms with Crippen LogP contribution in [0.4, 0.5) is 5.69 Å². The van der Waals surface area contributed by atoms with Crippen LogP contribution >= 0.6 is 24.0 Å². The summed E-state index contributed by atoms with van der Waals surface area (Å²) >= 11 is 0. The molecule has 3 N–H and O–H groups in total. The highest BCUT2D eigenvalue weighted by Crippen LogP contribution is 2.14. The molecule has 5 heteroatoms. The number of guanidine groups is 1. The fraction of sp³-hybridized carbons (Fsp3) is 0.500. The number of nitrogens with zero attached hydrogens (tertiary/aromatic N) is 1. The second-order valence-corrected chi connectivity index (χ2v) is 4.78. The summed E-state index contributed by atoms with van der Waals surface area (Å²) in [5.41, 5.74) is 9.35. The van der Waals surface area contributed by atoms with Gasteiger partial charge in [0.1, 0.15) is 0 Å². The molecule has 0 amide bonds. The molecule has 1 aliphatic rings. The molecule has 1 saturated heterocycles. The third kappa shape index (κ3) is 4.99. The maximum absolute atomic E-state index is 5.86. The Morgan fingerprint density at radius 3 is 2.84 bits per heavy atom. The summed E-state index contributed by atoms with van der Waals surface area (Å²) in [6.07, 6.45) is 2.45. The molecule has 0 bridgehead atoms. The van der Waals surface area contributed by atoms with Gasteiger partial charge >= 0.3 is 0 Å². The van der Waals surface area contributed by atoms with E-state index in [4.69, 9.17) is 10.5 Å². The molecule has 1 unspecified atom stereocenters. The fourth-order valence-electron chi connectivity index (χ4n) is 2.00. The number of benzene rings is 1. The molecule has 4 nitrogen and oxygen atoms in total. The van der Waals surface area contributed by atoms with Crippen LogP contribution in [0, 0.1) is 13.8 Å². The van der Waals surface area contributed by atoms with Crippen LogP contribution in [0.25, 0.3) is 0 Å². The normalized spacial score (nSPS) is 19.1. The number of nitrogens with two attached hydrogens (primary N) is 1. The molecule has 0 aromatic heterocycles. The van der Waals surface area contributed by atoms with Gasteiger partial charge in [-0.2, -0.15) is 0 Å². The van der Waals surface area contributed by atoms with E-state index in [1.807, 2.05) is 6.07 Å². The maximum Gasteiger partial charge on any atom is 0.193 e. The average Bonchev–Trinajstić information content (AvgIpc) is 2.84. The van der Waals surface area contributed by atoms with Crippen molar-refractivity contribution in [3.05, 3.63) is 29.3 Å². The average molecular weight is 375 g/mol. The minimum absolute atomic E-state index is 0. The van der Waals surface area contributed by atoms with Crippen molar-refractivity contribution >= 4 is 35.6 Å². The van der Waals surface area contributed by atoms with Crippen LogP contribution in [0.5, 0.6) is 0 Å². The second-order valence-electron chi connectivity index (χ2n) is 4.78. The highest BCUT2D eigenvalue weighted by atomic mass is 127. The quantitative estimate of drug-likeness (QED) is 0.485. The first kappa shape index (κ1) is 16.2. The van der Waals surface area contributed by atoms with Gasteiger partial charge in [-0.15, -0.1) is 24.0 Å². The predicted octanol–water partition coefficient (Wildman–Crippen LogP) is 2.83. The minimum atomic E-state index is 0. The fourth-order valence-corrected chi connectivity index (χ4v) is 2.00. The first-order chi connectivity index (χ1) is 8.65. The molecule has 0 saturated carbocycles. The van der Waals surface area contributed by atoms with Gasteiger partial charge in [-0.3, -0.25) is 4.99 Å². The third-order valence-corrected chi connectivity index (χ3v) is 3.27. The summed E-state index contributed by atoms with van der Waals surface area (Å²) in [4.78, 5) is 4.31. The number of aliphatic imine (C=N–C) groups is 1. The molecule has 1 atom stereocenters. The Morgan fingerprint density at radius 2 is 2.21 bits per heavy atom. The molecule has 106 valence electrons. The van der Waals surface area contributed by atoms with Crippen LogP contribution in [-0.2, 0) is 4.74 Å². The van der Waals surface area contributed by atoms with E-state index in [1.165, 1.54) is 11.1 Å². The minimum Gasteiger partial charge on any atom is -0.376 e. The molecular formula is C14H22IN3O. The van der Waals surface area contributed by atoms with Gasteiger partial charge < -0.3 is 15.8 Å². The number of aryl methyl sites for hydroxylation is 2. The number of anilines is 1. The predicted molar refractivity (Wildman–Crippen MR) is 90.4 cm³/mol. The largest absolute Gasteiger partial charge is 0.376 e. The Hall–Kier alpha value is -0.820. The van der Waals surface area contributed by atoms with Crippen LogP contribution in [0.1, 0.15) is 24.0 Å². The number of rotatable bonds is 3. The van der Waals surface area contributed by atoms with Gasteiger partial charge in [-0.05, 0) is 49.9 Å². The lowest BCUT2D eigenvalue weighted by Crippen LogP contribution is -2.24. The molecule has 0 radical (unpaired) electrons. The molecule has 0 spiro atoms. The maximum atomic E-state index is 5.86. The summed E-state index contributed by atoms with van der Waals surface area (Å²) in [6.45, 7) is 5.67. The van der Waals surface area contributed by atoms with E-state index in [0.717, 1.165) is 25.1 Å². The number of hydrogen-bond donors (Lipinski definition) is 2. The van der Waals surface area contributed by atoms with Crippen molar-refractivity contribution in [1.29, 1.82) is 0 Å². The lowest BCUT2D eigenvalue weighted by Gasteiger charge is -2.09. The molecule has 1 aromatic rings. The van der Waals surface area contributed by atoms with E-state index >= 15 is 0 Å². The van der Waals surface area contributed by atoms with Crippen LogP contribution in [0.2, 0.25) is 0 Å². The van der Waals surface area contributed by atoms with E-state index in [0.29, 0.717) is 12.5 Å². The van der Waals surface area contributed by atoms with Crippen LogP contribution in [0.3, 0.4) is 0 Å². The molecule has 1 fully saturated rings. The van der Waals surface area contributed by atoms with E-state index < -0.39 is 0 Å². The Labute approximate surface area is 131 Å². The van der Waals surface area contributed by atoms with Crippen molar-refractivity contribution in [3.63, 3.8) is 0 Å². The Bertz CT molecular complexity index is 442. The van der Waals surface area contributed by atoms with Gasteiger partial charge in [0.05, 0.1) is 12.6 Å². The lowest BCUT2D eigenvalue weighted by atomic mass is 10.1. The highest BCUT2D eigenvalue weighted by molar-refractivity contribution is 14.0. The zero-order chi connectivity index (χ0) is 13.0. The monoisotopic (exact) mass is 375 g/mol. The number of nitrogens with one attached hydrogen (secondary N) is 1. The summed E-state index contributed by atoms with van der Waals surface area (Å²) in [7, 11) is 0. The molecule has 1 aliphatic heterocycles. The summed E-state index contributed by atoms with van der Waals surface area (Å²) in [5.74, 6) is 0.453. The standard InChI is InChI=1S/C14H21N3O.HI/c1-10-5-6-12(8-11(10)2)17-14(15)16-9-13-4-3-7-18-13;/h5-6,8,13H,3-4,7,9H2,1-2H3,(H3,15,16,17);1H. The van der Waals surface area contributed by atoms with Crippen molar-refractivity contribution in [3.8, 4) is 0 Å². The third-order valence-electron chi connectivity index (χ3n) is 3.27. The Kier molecular flexibility index (Phi) is 6.57. The zero-order valence-electron chi connectivity index (χ0n) is 11.5. The second kappa shape index (κ2) is 7.69. The van der Waals surface area contributed by atoms with Crippen molar-refractivity contribution in [2.45, 2.75) is 32.8 Å². The van der Waals surface area contributed by atoms with E-state index in [9.17, 15) is 0 Å². The molecular weight excluding hydrogens is 353 g/mol. The van der Waals surface area contributed by atoms with Crippen LogP contribution in [-0.4, -0.2) is 25.2 Å². The lowest BCUT2D eigenvalue weighted by molar-refractivity contribution is 0.118. The summed E-state index contributed by atoms with van der Waals surface area (Å²) in [5, 5.41) is 3.11. The van der Waals surface area contributed by atoms with Gasteiger partial charge in [0.15, 0.2) is 5.96 Å². The van der Waals surface area contributed by atoms with E-state index in [-0.39, 0.29) is 30.1 Å². The van der Waals surface area contributed by atoms with Crippen molar-refractivity contribution in [1.82, 2.24) is 0 Å². The molecule has 1 aromatic carbocycles. The number of halogens is 1. The molecule has 19 heavy (non-hydrogen) atoms. The van der Waals surface area contributed by atoms with Gasteiger partial charge in [0, 0.05) is 12.3 Å². The highest BCUT2D eigenvalue weighted by Gasteiger charge is 2.14. The summed E-state index contributed by atoms with van der Waals surface area (Å²) in [6, 6.07) is 6.16. The van der Waals surface area contributed by atoms with Crippen molar-refractivity contribution in [2.24, 2.45) is 10.7 Å². The molecule has 0 aliphatic carbocycles. The van der Waals surface area contributed by atoms with Crippen LogP contribution in [0.15, 0.2) is 23.2 Å². The van der Waals surface area contributed by atoms with E-state index in [1.54, 1.807) is 0 Å². The van der Waals surface area contributed by atoms with Gasteiger partial charge in [-0.25, -0.2) is 0 Å². The van der Waals surface area contributed by atoms with Gasteiger partial charge in [0.25, 0.3) is 0 Å². The van der Waals surface area contributed by atoms with Gasteiger partial charge in [0.2, 0.25) is 0 Å². The SMILES string of the molecule is Cc1ccc(NC(N)=NCC2CCCO2)cc1C.I. The smallest absolute Gasteiger partial charge is 0.193 e. The Balaban J connectivity index is 0.00000180. The first-order valence-electron chi connectivity index (χ1n) is 6.41. The molecule has 1 heterocycles. The van der Waals surface area contributed by atoms with Crippen molar-refractivity contribution < 1.29 is 4.74 Å². The summed E-state index contributed by atoms with van der Waals surface area (Å²) < 4.78 is 5.50. The Morgan fingerprint density at radius 1 is 1.42 bits per heavy atom. The topological polar surface area (TPSA) is 59.6 Å². The van der Waals surface area contributed by atoms with Crippen LogP contribution < -0.4 is 11.1 Å².